The molecule has 0 atom stereocenters. The van der Waals surface area contributed by atoms with E-state index in [1.807, 2.05) is 29.8 Å². The average Bonchev–Trinajstić information content (AvgIpc) is 3.40. The Hall–Kier alpha value is -3.92. The number of hydrogen-bond donors (Lipinski definition) is 1. The number of hydrogen-bond acceptors (Lipinski definition) is 6. The SMILES string of the molecule is COc1cc2ncc(-c3cnn(-c4cc(C(=O)NC5CC5)c(F)cc4C)c3)n2cc1N1CCN(C)CC1. The molecule has 1 aromatic carbocycles. The van der Waals surface area contributed by atoms with Crippen LogP contribution in [0, 0.1) is 12.7 Å². The van der Waals surface area contributed by atoms with E-state index in [4.69, 9.17) is 4.74 Å². The Balaban J connectivity index is 1.36. The van der Waals surface area contributed by atoms with Gasteiger partial charge in [-0.15, -0.1) is 0 Å². The number of amides is 1. The van der Waals surface area contributed by atoms with Crippen molar-refractivity contribution >= 4 is 17.2 Å². The van der Waals surface area contributed by atoms with Gasteiger partial charge in [-0.1, -0.05) is 0 Å². The van der Waals surface area contributed by atoms with Crippen LogP contribution in [0.2, 0.25) is 0 Å². The maximum Gasteiger partial charge on any atom is 0.254 e. The summed E-state index contributed by atoms with van der Waals surface area (Å²) in [6, 6.07) is 5.07. The van der Waals surface area contributed by atoms with E-state index >= 15 is 0 Å². The molecular formula is C27H30FN7O2. The van der Waals surface area contributed by atoms with E-state index in [2.05, 4.69) is 38.4 Å². The molecule has 1 aliphatic heterocycles. The van der Waals surface area contributed by atoms with Gasteiger partial charge in [0.25, 0.3) is 5.91 Å². The Morgan fingerprint density at radius 1 is 1.08 bits per heavy atom. The van der Waals surface area contributed by atoms with Crippen LogP contribution < -0.4 is 15.0 Å². The molecule has 0 spiro atoms. The summed E-state index contributed by atoms with van der Waals surface area (Å²) in [4.78, 5) is 21.8. The molecule has 1 amide bonds. The Morgan fingerprint density at radius 3 is 2.59 bits per heavy atom. The number of imidazole rings is 1. The van der Waals surface area contributed by atoms with Gasteiger partial charge in [-0.2, -0.15) is 5.10 Å². The summed E-state index contributed by atoms with van der Waals surface area (Å²) in [7, 11) is 3.82. The van der Waals surface area contributed by atoms with E-state index in [1.165, 1.54) is 6.07 Å². The van der Waals surface area contributed by atoms with Crippen molar-refractivity contribution < 1.29 is 13.9 Å². The molecule has 0 unspecified atom stereocenters. The molecule has 10 heteroatoms. The Morgan fingerprint density at radius 2 is 1.86 bits per heavy atom. The number of rotatable bonds is 6. The second kappa shape index (κ2) is 9.19. The predicted octanol–water partition coefficient (Wildman–Crippen LogP) is 3.29. The number of pyridine rings is 1. The molecule has 1 saturated heterocycles. The number of halogens is 1. The number of likely N-dealkylation sites (N-methyl/N-ethyl adjacent to an activating group) is 1. The van der Waals surface area contributed by atoms with Crippen molar-refractivity contribution in [2.75, 3.05) is 45.2 Å². The third-order valence-electron chi connectivity index (χ3n) is 7.22. The molecule has 2 aliphatic rings. The van der Waals surface area contributed by atoms with Gasteiger partial charge in [0.05, 0.1) is 42.1 Å². The van der Waals surface area contributed by atoms with Crippen molar-refractivity contribution in [2.24, 2.45) is 0 Å². The summed E-state index contributed by atoms with van der Waals surface area (Å²) in [6.45, 7) is 5.62. The fourth-order valence-corrected chi connectivity index (χ4v) is 4.82. The molecule has 9 nitrogen and oxygen atoms in total. The van der Waals surface area contributed by atoms with E-state index in [0.717, 1.165) is 67.4 Å². The Bertz CT molecular complexity index is 1480. The summed E-state index contributed by atoms with van der Waals surface area (Å²) in [6.07, 6.45) is 9.41. The first-order valence-corrected chi connectivity index (χ1v) is 12.6. The average molecular weight is 504 g/mol. The zero-order valence-corrected chi connectivity index (χ0v) is 21.2. The number of aryl methyl sites for hydroxylation is 1. The third-order valence-corrected chi connectivity index (χ3v) is 7.22. The summed E-state index contributed by atoms with van der Waals surface area (Å²) in [5.74, 6) is -0.122. The van der Waals surface area contributed by atoms with Gasteiger partial charge in [0, 0.05) is 56.2 Å². The van der Waals surface area contributed by atoms with Gasteiger partial charge in [-0.05, 0) is 44.5 Å². The largest absolute Gasteiger partial charge is 0.494 e. The lowest BCUT2D eigenvalue weighted by molar-refractivity contribution is 0.0947. The number of anilines is 1. The molecule has 4 aromatic rings. The van der Waals surface area contributed by atoms with Gasteiger partial charge >= 0.3 is 0 Å². The van der Waals surface area contributed by atoms with Gasteiger partial charge < -0.3 is 19.9 Å². The number of nitrogens with one attached hydrogen (secondary N) is 1. The van der Waals surface area contributed by atoms with Crippen LogP contribution in [0.5, 0.6) is 5.75 Å². The molecule has 192 valence electrons. The number of carbonyl (C=O) groups excluding carboxylic acids is 1. The van der Waals surface area contributed by atoms with Gasteiger partial charge in [0.15, 0.2) is 0 Å². The van der Waals surface area contributed by atoms with E-state index in [0.29, 0.717) is 11.3 Å². The highest BCUT2D eigenvalue weighted by molar-refractivity contribution is 5.95. The molecule has 37 heavy (non-hydrogen) atoms. The first-order valence-electron chi connectivity index (χ1n) is 12.6. The van der Waals surface area contributed by atoms with Gasteiger partial charge in [0.1, 0.15) is 17.2 Å². The maximum atomic E-state index is 14.6. The lowest BCUT2D eigenvalue weighted by Crippen LogP contribution is -2.44. The summed E-state index contributed by atoms with van der Waals surface area (Å²) >= 11 is 0. The number of piperazine rings is 1. The summed E-state index contributed by atoms with van der Waals surface area (Å²) in [5, 5.41) is 7.41. The van der Waals surface area contributed by atoms with E-state index in [-0.39, 0.29) is 17.5 Å². The van der Waals surface area contributed by atoms with Crippen LogP contribution in [-0.2, 0) is 0 Å². The fourth-order valence-electron chi connectivity index (χ4n) is 4.82. The quantitative estimate of drug-likeness (QED) is 0.435. The van der Waals surface area contributed by atoms with E-state index < -0.39 is 5.82 Å². The number of benzene rings is 1. The normalized spacial score (nSPS) is 16.4. The molecule has 0 radical (unpaired) electrons. The maximum absolute atomic E-state index is 14.6. The molecule has 1 aliphatic carbocycles. The van der Waals surface area contributed by atoms with Gasteiger partial charge in [-0.25, -0.2) is 14.1 Å². The minimum Gasteiger partial charge on any atom is -0.494 e. The Kier molecular flexibility index (Phi) is 5.83. The smallest absolute Gasteiger partial charge is 0.254 e. The van der Waals surface area contributed by atoms with Crippen LogP contribution in [-0.4, -0.2) is 76.4 Å². The second-order valence-corrected chi connectivity index (χ2v) is 9.93. The number of methoxy groups -OCH3 is 1. The first-order chi connectivity index (χ1) is 17.9. The van der Waals surface area contributed by atoms with E-state index in [9.17, 15) is 9.18 Å². The number of ether oxygens (including phenoxy) is 1. The molecule has 3 aromatic heterocycles. The molecular weight excluding hydrogens is 473 g/mol. The highest BCUT2D eigenvalue weighted by Crippen LogP contribution is 2.33. The standard InChI is InChI=1S/C27H30FN7O2/c1-17-10-21(28)20(27(36)31-19-4-5-19)11-22(17)35-15-18(13-30-35)23-14-29-26-12-25(37-3)24(16-34(23)26)33-8-6-32(2)7-9-33/h10-16,19H,4-9H2,1-3H3,(H,31,36). The minimum atomic E-state index is -0.529. The van der Waals surface area contributed by atoms with Crippen molar-refractivity contribution in [3.8, 4) is 22.7 Å². The van der Waals surface area contributed by atoms with Crippen molar-refractivity contribution in [3.05, 3.63) is 59.9 Å². The van der Waals surface area contributed by atoms with Gasteiger partial charge in [0.2, 0.25) is 0 Å². The summed E-state index contributed by atoms with van der Waals surface area (Å²) in [5.41, 5.74) is 4.91. The van der Waals surface area contributed by atoms with Crippen LogP contribution in [0.4, 0.5) is 10.1 Å². The van der Waals surface area contributed by atoms with Crippen molar-refractivity contribution in [3.63, 3.8) is 0 Å². The number of carbonyl (C=O) groups is 1. The van der Waals surface area contributed by atoms with Crippen LogP contribution in [0.15, 0.2) is 43.0 Å². The molecule has 1 N–H and O–H groups in total. The van der Waals surface area contributed by atoms with Crippen LogP contribution in [0.25, 0.3) is 22.6 Å². The van der Waals surface area contributed by atoms with Gasteiger partial charge in [-0.3, -0.25) is 9.20 Å². The van der Waals surface area contributed by atoms with E-state index in [1.54, 1.807) is 24.1 Å². The first kappa shape index (κ1) is 23.5. The van der Waals surface area contributed by atoms with Crippen LogP contribution in [0.3, 0.4) is 0 Å². The highest BCUT2D eigenvalue weighted by Gasteiger charge is 2.26. The molecule has 0 bridgehead atoms. The third kappa shape index (κ3) is 4.42. The molecule has 2 fully saturated rings. The number of nitrogens with zero attached hydrogens (tertiary/aromatic N) is 6. The lowest BCUT2D eigenvalue weighted by Gasteiger charge is -2.34. The van der Waals surface area contributed by atoms with Crippen LogP contribution >= 0.6 is 0 Å². The summed E-state index contributed by atoms with van der Waals surface area (Å²) < 4.78 is 24.1. The molecule has 6 rings (SSSR count). The lowest BCUT2D eigenvalue weighted by atomic mass is 10.1. The zero-order chi connectivity index (χ0) is 25.7. The molecule has 1 saturated carbocycles. The number of fused-ring (bicyclic) bond motifs is 1. The fraction of sp³-hybridized carbons (Fsp3) is 0.370. The Labute approximate surface area is 214 Å². The van der Waals surface area contributed by atoms with Crippen molar-refractivity contribution in [2.45, 2.75) is 25.8 Å². The second-order valence-electron chi connectivity index (χ2n) is 9.93. The highest BCUT2D eigenvalue weighted by atomic mass is 19.1. The zero-order valence-electron chi connectivity index (χ0n) is 21.2. The predicted molar refractivity (Wildman–Crippen MR) is 139 cm³/mol. The van der Waals surface area contributed by atoms with Crippen LogP contribution in [0.1, 0.15) is 28.8 Å². The molecule has 4 heterocycles. The minimum absolute atomic E-state index is 0.0308. The van der Waals surface area contributed by atoms with Crippen molar-refractivity contribution in [1.82, 2.24) is 29.4 Å². The monoisotopic (exact) mass is 503 g/mol. The number of aromatic nitrogens is 4. The van der Waals surface area contributed by atoms with Crippen molar-refractivity contribution in [1.29, 1.82) is 0 Å². The topological polar surface area (TPSA) is 79.9 Å².